The van der Waals surface area contributed by atoms with Crippen LogP contribution in [0.3, 0.4) is 0 Å². The van der Waals surface area contributed by atoms with E-state index >= 15 is 0 Å². The van der Waals surface area contributed by atoms with Gasteiger partial charge in [0.1, 0.15) is 0 Å². The highest BCUT2D eigenvalue weighted by Crippen LogP contribution is 2.15. The lowest BCUT2D eigenvalue weighted by Gasteiger charge is -2.15. The van der Waals surface area contributed by atoms with Crippen LogP contribution >= 0.6 is 11.6 Å². The van der Waals surface area contributed by atoms with Gasteiger partial charge < -0.3 is 5.32 Å². The van der Waals surface area contributed by atoms with Crippen molar-refractivity contribution >= 4 is 11.6 Å². The summed E-state index contributed by atoms with van der Waals surface area (Å²) >= 11 is 5.87. The number of aryl methyl sites for hydroxylation is 1. The van der Waals surface area contributed by atoms with Gasteiger partial charge >= 0.3 is 0 Å². The summed E-state index contributed by atoms with van der Waals surface area (Å²) in [5, 5.41) is 4.30. The summed E-state index contributed by atoms with van der Waals surface area (Å²) in [6, 6.07) is 16.9. The quantitative estimate of drug-likeness (QED) is 0.853. The number of halogens is 1. The first kappa shape index (κ1) is 13.1. The molecular weight excluding hydrogens is 242 g/mol. The van der Waals surface area contributed by atoms with Crippen LogP contribution in [-0.2, 0) is 6.54 Å². The van der Waals surface area contributed by atoms with E-state index in [1.807, 2.05) is 12.1 Å². The van der Waals surface area contributed by atoms with Crippen LogP contribution in [0.15, 0.2) is 48.5 Å². The van der Waals surface area contributed by atoms with Crippen molar-refractivity contribution in [1.82, 2.24) is 5.32 Å². The van der Waals surface area contributed by atoms with Crippen LogP contribution in [0.4, 0.5) is 0 Å². The molecule has 2 aromatic carbocycles. The molecule has 18 heavy (non-hydrogen) atoms. The molecule has 2 rings (SSSR count). The Morgan fingerprint density at radius 1 is 1.11 bits per heavy atom. The minimum atomic E-state index is 0.348. The molecule has 0 aliphatic heterocycles. The summed E-state index contributed by atoms with van der Waals surface area (Å²) < 4.78 is 0. The summed E-state index contributed by atoms with van der Waals surface area (Å²) in [6.45, 7) is 5.16. The topological polar surface area (TPSA) is 12.0 Å². The van der Waals surface area contributed by atoms with Crippen molar-refractivity contribution in [3.8, 4) is 0 Å². The van der Waals surface area contributed by atoms with Gasteiger partial charge in [0.15, 0.2) is 0 Å². The largest absolute Gasteiger partial charge is 0.306 e. The first-order chi connectivity index (χ1) is 8.65. The molecule has 0 aliphatic rings. The molecular formula is C16H18ClN. The van der Waals surface area contributed by atoms with Gasteiger partial charge in [-0.3, -0.25) is 0 Å². The average molecular weight is 260 g/mol. The third kappa shape index (κ3) is 3.59. The van der Waals surface area contributed by atoms with E-state index in [2.05, 4.69) is 55.6 Å². The maximum absolute atomic E-state index is 5.87. The first-order valence-electron chi connectivity index (χ1n) is 6.19. The number of hydrogen-bond acceptors (Lipinski definition) is 1. The van der Waals surface area contributed by atoms with E-state index in [4.69, 9.17) is 11.6 Å². The molecule has 0 spiro atoms. The molecule has 1 nitrogen and oxygen atoms in total. The fourth-order valence-electron chi connectivity index (χ4n) is 1.93. The Kier molecular flexibility index (Phi) is 4.40. The molecule has 0 saturated carbocycles. The van der Waals surface area contributed by atoms with Gasteiger partial charge in [0.05, 0.1) is 0 Å². The lowest BCUT2D eigenvalue weighted by atomic mass is 10.1. The number of hydrogen-bond donors (Lipinski definition) is 1. The third-order valence-corrected chi connectivity index (χ3v) is 3.32. The summed E-state index contributed by atoms with van der Waals surface area (Å²) in [6.07, 6.45) is 0. The summed E-state index contributed by atoms with van der Waals surface area (Å²) in [5.41, 5.74) is 3.87. The van der Waals surface area contributed by atoms with E-state index in [0.29, 0.717) is 6.04 Å². The Hall–Kier alpha value is -1.31. The smallest absolute Gasteiger partial charge is 0.0406 e. The maximum atomic E-state index is 5.87. The van der Waals surface area contributed by atoms with Gasteiger partial charge in [0.2, 0.25) is 0 Å². The van der Waals surface area contributed by atoms with Crippen LogP contribution in [-0.4, -0.2) is 0 Å². The molecule has 0 heterocycles. The van der Waals surface area contributed by atoms with Crippen LogP contribution in [0.2, 0.25) is 5.02 Å². The maximum Gasteiger partial charge on any atom is 0.0406 e. The zero-order valence-electron chi connectivity index (χ0n) is 10.8. The molecule has 0 aromatic heterocycles. The van der Waals surface area contributed by atoms with Crippen molar-refractivity contribution in [1.29, 1.82) is 0 Å². The van der Waals surface area contributed by atoms with Crippen LogP contribution < -0.4 is 5.32 Å². The molecule has 0 unspecified atom stereocenters. The molecule has 0 fully saturated rings. The zero-order valence-corrected chi connectivity index (χ0v) is 11.5. The number of nitrogens with one attached hydrogen (secondary N) is 1. The standard InChI is InChI=1S/C16H18ClN/c1-12-4-3-5-15(10-12)13(2)18-11-14-6-8-16(17)9-7-14/h3-10,13,18H,11H2,1-2H3/t13-/m1/s1. The molecule has 1 N–H and O–H groups in total. The van der Waals surface area contributed by atoms with Crippen LogP contribution in [0.1, 0.15) is 29.7 Å². The minimum absolute atomic E-state index is 0.348. The molecule has 0 aliphatic carbocycles. The Morgan fingerprint density at radius 2 is 1.83 bits per heavy atom. The highest BCUT2D eigenvalue weighted by Gasteiger charge is 2.04. The van der Waals surface area contributed by atoms with Crippen LogP contribution in [0.5, 0.6) is 0 Å². The predicted octanol–water partition coefficient (Wildman–Crippen LogP) is 4.50. The Labute approximate surface area is 114 Å². The average Bonchev–Trinajstić information content (AvgIpc) is 2.38. The monoisotopic (exact) mass is 259 g/mol. The van der Waals surface area contributed by atoms with Crippen molar-refractivity contribution in [2.45, 2.75) is 26.4 Å². The molecule has 1 atom stereocenters. The van der Waals surface area contributed by atoms with Gasteiger partial charge in [-0.05, 0) is 37.1 Å². The fraction of sp³-hybridized carbons (Fsp3) is 0.250. The van der Waals surface area contributed by atoms with Crippen molar-refractivity contribution < 1.29 is 0 Å². The molecule has 2 aromatic rings. The lowest BCUT2D eigenvalue weighted by Crippen LogP contribution is -2.18. The van der Waals surface area contributed by atoms with E-state index in [1.54, 1.807) is 0 Å². The van der Waals surface area contributed by atoms with Gasteiger partial charge in [-0.25, -0.2) is 0 Å². The van der Waals surface area contributed by atoms with Crippen molar-refractivity contribution in [2.75, 3.05) is 0 Å². The fourth-order valence-corrected chi connectivity index (χ4v) is 2.06. The van der Waals surface area contributed by atoms with Gasteiger partial charge in [-0.1, -0.05) is 53.6 Å². The van der Waals surface area contributed by atoms with Crippen molar-refractivity contribution in [3.63, 3.8) is 0 Å². The van der Waals surface area contributed by atoms with Gasteiger partial charge in [0, 0.05) is 17.6 Å². The second-order valence-corrected chi connectivity index (χ2v) is 5.08. The van der Waals surface area contributed by atoms with Gasteiger partial charge in [-0.2, -0.15) is 0 Å². The number of rotatable bonds is 4. The van der Waals surface area contributed by atoms with Crippen LogP contribution in [0, 0.1) is 6.92 Å². The second kappa shape index (κ2) is 6.03. The third-order valence-electron chi connectivity index (χ3n) is 3.07. The van der Waals surface area contributed by atoms with Crippen LogP contribution in [0.25, 0.3) is 0 Å². The number of benzene rings is 2. The Balaban J connectivity index is 1.96. The zero-order chi connectivity index (χ0) is 13.0. The van der Waals surface area contributed by atoms with E-state index in [-0.39, 0.29) is 0 Å². The normalized spacial score (nSPS) is 12.4. The molecule has 0 radical (unpaired) electrons. The van der Waals surface area contributed by atoms with E-state index in [1.165, 1.54) is 16.7 Å². The molecule has 0 saturated heterocycles. The van der Waals surface area contributed by atoms with Gasteiger partial charge in [0.25, 0.3) is 0 Å². The SMILES string of the molecule is Cc1cccc([C@@H](C)NCc2ccc(Cl)cc2)c1. The van der Waals surface area contributed by atoms with Crippen molar-refractivity contribution in [2.24, 2.45) is 0 Å². The van der Waals surface area contributed by atoms with Gasteiger partial charge in [-0.15, -0.1) is 0 Å². The predicted molar refractivity (Wildman–Crippen MR) is 77.9 cm³/mol. The summed E-state index contributed by atoms with van der Waals surface area (Å²) in [5.74, 6) is 0. The Morgan fingerprint density at radius 3 is 2.50 bits per heavy atom. The molecule has 2 heteroatoms. The Bertz CT molecular complexity index is 505. The minimum Gasteiger partial charge on any atom is -0.306 e. The lowest BCUT2D eigenvalue weighted by molar-refractivity contribution is 0.574. The molecule has 0 bridgehead atoms. The molecule has 94 valence electrons. The van der Waals surface area contributed by atoms with E-state index in [0.717, 1.165) is 11.6 Å². The highest BCUT2D eigenvalue weighted by atomic mass is 35.5. The van der Waals surface area contributed by atoms with Crippen molar-refractivity contribution in [3.05, 3.63) is 70.2 Å². The highest BCUT2D eigenvalue weighted by molar-refractivity contribution is 6.30. The molecule has 0 amide bonds. The summed E-state index contributed by atoms with van der Waals surface area (Å²) in [4.78, 5) is 0. The summed E-state index contributed by atoms with van der Waals surface area (Å²) in [7, 11) is 0. The van der Waals surface area contributed by atoms with E-state index < -0.39 is 0 Å². The van der Waals surface area contributed by atoms with E-state index in [9.17, 15) is 0 Å². The first-order valence-corrected chi connectivity index (χ1v) is 6.57. The second-order valence-electron chi connectivity index (χ2n) is 4.64.